The second-order valence-electron chi connectivity index (χ2n) is 4.79. The molecule has 1 aliphatic heterocycles. The van der Waals surface area contributed by atoms with Crippen molar-refractivity contribution >= 4 is 29.1 Å². The molecule has 0 atom stereocenters. The molecule has 0 bridgehead atoms. The van der Waals surface area contributed by atoms with Crippen LogP contribution in [0.1, 0.15) is 6.42 Å². The molecule has 0 saturated carbocycles. The van der Waals surface area contributed by atoms with Gasteiger partial charge in [0.25, 0.3) is 11.8 Å². The third-order valence-electron chi connectivity index (χ3n) is 3.30. The van der Waals surface area contributed by atoms with Crippen LogP contribution in [0.3, 0.4) is 0 Å². The molecule has 118 valence electrons. The highest BCUT2D eigenvalue weighted by molar-refractivity contribution is 7.80. The maximum atomic E-state index is 11.3. The Labute approximate surface area is 129 Å². The van der Waals surface area contributed by atoms with Crippen LogP contribution in [-0.4, -0.2) is 60.1 Å². The van der Waals surface area contributed by atoms with E-state index in [0.717, 1.165) is 0 Å². The Bertz CT molecular complexity index is 409. The molecule has 0 aliphatic carbocycles. The van der Waals surface area contributed by atoms with E-state index >= 15 is 0 Å². The number of carbonyl (C=O) groups is 2. The van der Waals surface area contributed by atoms with Gasteiger partial charge in [0.15, 0.2) is 5.11 Å². The van der Waals surface area contributed by atoms with Crippen LogP contribution in [0.5, 0.6) is 0 Å². The van der Waals surface area contributed by atoms with Crippen molar-refractivity contribution in [2.45, 2.75) is 12.0 Å². The highest BCUT2D eigenvalue weighted by Gasteiger charge is 2.26. The van der Waals surface area contributed by atoms with Crippen molar-refractivity contribution in [3.63, 3.8) is 0 Å². The molecular formula is C12H22N6O2S. The van der Waals surface area contributed by atoms with Crippen molar-refractivity contribution in [1.82, 2.24) is 15.5 Å². The zero-order valence-electron chi connectivity index (χ0n) is 11.8. The molecule has 0 radical (unpaired) electrons. The maximum Gasteiger partial charge on any atom is 0.253 e. The fourth-order valence-electron chi connectivity index (χ4n) is 1.78. The average Bonchev–Trinajstić information content (AvgIpc) is 2.80. The fraction of sp³-hybridized carbons (Fsp3) is 0.583. The monoisotopic (exact) mass is 314 g/mol. The molecule has 0 fully saturated rings. The van der Waals surface area contributed by atoms with Crippen LogP contribution in [-0.2, 0) is 9.59 Å². The summed E-state index contributed by atoms with van der Waals surface area (Å²) in [5.41, 5.74) is 16.3. The van der Waals surface area contributed by atoms with E-state index in [1.165, 1.54) is 17.1 Å². The molecule has 0 saturated heterocycles. The summed E-state index contributed by atoms with van der Waals surface area (Å²) < 4.78 is 0. The SMILES string of the molecule is NCC(CN)(CN)NC(=S)NCCCN1C(=O)C=CC1=O. The van der Waals surface area contributed by atoms with Crippen molar-refractivity contribution in [3.8, 4) is 0 Å². The quantitative estimate of drug-likeness (QED) is 0.186. The highest BCUT2D eigenvalue weighted by atomic mass is 32.1. The van der Waals surface area contributed by atoms with Gasteiger partial charge in [-0.05, 0) is 18.6 Å². The van der Waals surface area contributed by atoms with Crippen molar-refractivity contribution in [3.05, 3.63) is 12.2 Å². The normalized spacial score (nSPS) is 14.7. The summed E-state index contributed by atoms with van der Waals surface area (Å²) in [4.78, 5) is 23.9. The Hall–Kier alpha value is -1.55. The molecule has 9 heteroatoms. The Morgan fingerprint density at radius 3 is 2.14 bits per heavy atom. The van der Waals surface area contributed by atoms with Gasteiger partial charge in [0.2, 0.25) is 0 Å². The number of hydrogen-bond donors (Lipinski definition) is 5. The van der Waals surface area contributed by atoms with Gasteiger partial charge < -0.3 is 27.8 Å². The number of amides is 2. The van der Waals surface area contributed by atoms with E-state index < -0.39 is 5.54 Å². The summed E-state index contributed by atoms with van der Waals surface area (Å²) in [5.74, 6) is -0.566. The Kier molecular flexibility index (Phi) is 6.69. The summed E-state index contributed by atoms with van der Waals surface area (Å²) >= 11 is 5.15. The molecule has 1 aliphatic rings. The van der Waals surface area contributed by atoms with E-state index in [4.69, 9.17) is 29.4 Å². The molecule has 8 N–H and O–H groups in total. The predicted molar refractivity (Wildman–Crippen MR) is 84.1 cm³/mol. The van der Waals surface area contributed by atoms with Gasteiger partial charge in [-0.3, -0.25) is 14.5 Å². The Morgan fingerprint density at radius 1 is 1.14 bits per heavy atom. The molecule has 0 unspecified atom stereocenters. The Balaban J connectivity index is 2.28. The van der Waals surface area contributed by atoms with Gasteiger partial charge in [0.1, 0.15) is 0 Å². The number of nitrogens with zero attached hydrogens (tertiary/aromatic N) is 1. The van der Waals surface area contributed by atoms with Gasteiger partial charge in [0, 0.05) is 44.9 Å². The smallest absolute Gasteiger partial charge is 0.253 e. The van der Waals surface area contributed by atoms with Crippen LogP contribution in [0.15, 0.2) is 12.2 Å². The number of nitrogens with two attached hydrogens (primary N) is 3. The molecule has 1 rings (SSSR count). The van der Waals surface area contributed by atoms with E-state index in [9.17, 15) is 9.59 Å². The number of nitrogens with one attached hydrogen (secondary N) is 2. The summed E-state index contributed by atoms with van der Waals surface area (Å²) in [5, 5.41) is 6.39. The molecule has 0 aromatic heterocycles. The minimum absolute atomic E-state index is 0.268. The zero-order chi connectivity index (χ0) is 15.9. The first kappa shape index (κ1) is 17.5. The minimum Gasteiger partial charge on any atom is -0.363 e. The van der Waals surface area contributed by atoms with E-state index in [2.05, 4.69) is 10.6 Å². The summed E-state index contributed by atoms with van der Waals surface area (Å²) in [6, 6.07) is 0. The second-order valence-corrected chi connectivity index (χ2v) is 5.20. The topological polar surface area (TPSA) is 140 Å². The number of imide groups is 1. The van der Waals surface area contributed by atoms with Crippen LogP contribution in [0, 0.1) is 0 Å². The van der Waals surface area contributed by atoms with Crippen LogP contribution in [0.4, 0.5) is 0 Å². The zero-order valence-corrected chi connectivity index (χ0v) is 12.6. The molecule has 21 heavy (non-hydrogen) atoms. The largest absolute Gasteiger partial charge is 0.363 e. The molecule has 8 nitrogen and oxygen atoms in total. The molecule has 0 spiro atoms. The van der Waals surface area contributed by atoms with E-state index in [-0.39, 0.29) is 31.4 Å². The van der Waals surface area contributed by atoms with Crippen LogP contribution in [0.2, 0.25) is 0 Å². The third-order valence-corrected chi connectivity index (χ3v) is 3.54. The first-order valence-electron chi connectivity index (χ1n) is 6.68. The summed E-state index contributed by atoms with van der Waals surface area (Å²) in [6.45, 7) is 1.66. The molecule has 1 heterocycles. The lowest BCUT2D eigenvalue weighted by Crippen LogP contribution is -2.64. The molecule has 2 amide bonds. The van der Waals surface area contributed by atoms with E-state index in [1.54, 1.807) is 0 Å². The van der Waals surface area contributed by atoms with E-state index in [1.807, 2.05) is 0 Å². The van der Waals surface area contributed by atoms with Crippen LogP contribution < -0.4 is 27.8 Å². The molecule has 0 aromatic rings. The molecule has 0 aromatic carbocycles. The molecular weight excluding hydrogens is 292 g/mol. The lowest BCUT2D eigenvalue weighted by molar-refractivity contribution is -0.136. The summed E-state index contributed by atoms with van der Waals surface area (Å²) in [7, 11) is 0. The number of thiocarbonyl (C=S) groups is 1. The third kappa shape index (κ3) is 4.74. The Morgan fingerprint density at radius 2 is 1.67 bits per heavy atom. The van der Waals surface area contributed by atoms with Crippen molar-refractivity contribution in [2.24, 2.45) is 17.2 Å². The number of hydrogen-bond acceptors (Lipinski definition) is 6. The number of rotatable bonds is 8. The predicted octanol–water partition coefficient (Wildman–Crippen LogP) is -2.62. The first-order chi connectivity index (χ1) is 9.98. The summed E-state index contributed by atoms with van der Waals surface area (Å²) in [6.07, 6.45) is 3.11. The van der Waals surface area contributed by atoms with Crippen molar-refractivity contribution < 1.29 is 9.59 Å². The lowest BCUT2D eigenvalue weighted by atomic mass is 10.0. The maximum absolute atomic E-state index is 11.3. The van der Waals surface area contributed by atoms with Crippen molar-refractivity contribution in [2.75, 3.05) is 32.7 Å². The van der Waals surface area contributed by atoms with Gasteiger partial charge in [-0.2, -0.15) is 0 Å². The van der Waals surface area contributed by atoms with Crippen LogP contribution >= 0.6 is 12.2 Å². The standard InChI is InChI=1S/C12H22N6O2S/c13-6-12(7-14,8-15)17-11(21)16-4-1-5-18-9(19)2-3-10(18)20/h2-3H,1,4-8,13-15H2,(H2,16,17,21). The first-order valence-corrected chi connectivity index (χ1v) is 7.08. The van der Waals surface area contributed by atoms with Gasteiger partial charge in [-0.25, -0.2) is 0 Å². The highest BCUT2D eigenvalue weighted by Crippen LogP contribution is 2.03. The minimum atomic E-state index is -0.616. The second kappa shape index (κ2) is 8.03. The van der Waals surface area contributed by atoms with Gasteiger partial charge in [-0.1, -0.05) is 0 Å². The van der Waals surface area contributed by atoms with Crippen molar-refractivity contribution in [1.29, 1.82) is 0 Å². The van der Waals surface area contributed by atoms with Gasteiger partial charge >= 0.3 is 0 Å². The van der Waals surface area contributed by atoms with Crippen LogP contribution in [0.25, 0.3) is 0 Å². The van der Waals surface area contributed by atoms with Gasteiger partial charge in [0.05, 0.1) is 5.54 Å². The number of carbonyl (C=O) groups excluding carboxylic acids is 2. The van der Waals surface area contributed by atoms with E-state index in [0.29, 0.717) is 24.6 Å². The van der Waals surface area contributed by atoms with Gasteiger partial charge in [-0.15, -0.1) is 0 Å². The average molecular weight is 314 g/mol. The fourth-order valence-corrected chi connectivity index (χ4v) is 2.10. The lowest BCUT2D eigenvalue weighted by Gasteiger charge is -2.32.